The van der Waals surface area contributed by atoms with Crippen molar-refractivity contribution in [3.05, 3.63) is 87.9 Å². The van der Waals surface area contributed by atoms with Crippen LogP contribution in [0.5, 0.6) is 5.75 Å². The summed E-state index contributed by atoms with van der Waals surface area (Å²) in [6.45, 7) is 30.5. The zero-order valence-electron chi connectivity index (χ0n) is 30.9. The summed E-state index contributed by atoms with van der Waals surface area (Å²) in [6, 6.07) is 9.16. The third kappa shape index (κ3) is 12.8. The maximum Gasteiger partial charge on any atom is 0.123 e. The quantitative estimate of drug-likeness (QED) is 0.165. The largest absolute Gasteiger partial charge is 0.507 e. The van der Waals surface area contributed by atoms with E-state index in [9.17, 15) is 5.11 Å². The number of benzene rings is 2. The van der Waals surface area contributed by atoms with E-state index in [0.29, 0.717) is 19.0 Å². The molecule has 0 bridgehead atoms. The van der Waals surface area contributed by atoms with E-state index in [-0.39, 0.29) is 21.7 Å². The first kappa shape index (κ1) is 38.9. The molecule has 45 heavy (non-hydrogen) atoms. The molecule has 0 aromatic heterocycles. The SMILES string of the molecule is Cc1c(C(C)(C)C)cc(CCC=COCCSCCOC=CCCc2cc(C(C)(C)C)c(O)c(C(C)(C)C)c2)cc1C(C)(C)C. The average molecular weight is 637 g/mol. The van der Waals surface area contributed by atoms with Gasteiger partial charge in [0.05, 0.1) is 25.7 Å². The molecule has 2 rings (SSSR count). The van der Waals surface area contributed by atoms with Crippen molar-refractivity contribution in [2.75, 3.05) is 24.7 Å². The summed E-state index contributed by atoms with van der Waals surface area (Å²) in [7, 11) is 0. The molecule has 0 aliphatic carbocycles. The van der Waals surface area contributed by atoms with E-state index in [2.05, 4.69) is 126 Å². The fourth-order valence-electron chi connectivity index (χ4n) is 5.68. The van der Waals surface area contributed by atoms with Crippen LogP contribution in [0.25, 0.3) is 0 Å². The van der Waals surface area contributed by atoms with Gasteiger partial charge < -0.3 is 14.6 Å². The molecule has 2 aromatic carbocycles. The molecule has 1 N–H and O–H groups in total. The van der Waals surface area contributed by atoms with E-state index in [1.165, 1.54) is 27.8 Å². The molecule has 0 heterocycles. The molecule has 4 heteroatoms. The first-order valence-electron chi connectivity index (χ1n) is 16.8. The molecule has 0 radical (unpaired) electrons. The average Bonchev–Trinajstić information content (AvgIpc) is 2.89. The predicted octanol–water partition coefficient (Wildman–Crippen LogP) is 11.2. The van der Waals surface area contributed by atoms with E-state index in [4.69, 9.17) is 9.47 Å². The molecule has 252 valence electrons. The number of allylic oxidation sites excluding steroid dienone is 2. The van der Waals surface area contributed by atoms with Gasteiger partial charge in [0.2, 0.25) is 0 Å². The summed E-state index contributed by atoms with van der Waals surface area (Å²) < 4.78 is 11.5. The number of ether oxygens (including phenoxy) is 2. The molecule has 0 saturated carbocycles. The Hall–Kier alpha value is -2.33. The molecule has 0 unspecified atom stereocenters. The van der Waals surface area contributed by atoms with Crippen molar-refractivity contribution in [2.45, 2.75) is 137 Å². The maximum absolute atomic E-state index is 10.9. The van der Waals surface area contributed by atoms with Gasteiger partial charge in [-0.3, -0.25) is 0 Å². The normalized spacial score (nSPS) is 13.3. The van der Waals surface area contributed by atoms with Crippen LogP contribution in [0.1, 0.15) is 135 Å². The molecule has 0 fully saturated rings. The Morgan fingerprint density at radius 1 is 0.578 bits per heavy atom. The highest BCUT2D eigenvalue weighted by molar-refractivity contribution is 7.99. The van der Waals surface area contributed by atoms with Crippen molar-refractivity contribution in [2.24, 2.45) is 0 Å². The summed E-state index contributed by atoms with van der Waals surface area (Å²) in [5.41, 5.74) is 9.14. The lowest BCUT2D eigenvalue weighted by molar-refractivity contribution is 0.267. The number of aryl methyl sites for hydroxylation is 2. The minimum Gasteiger partial charge on any atom is -0.507 e. The van der Waals surface area contributed by atoms with Crippen molar-refractivity contribution >= 4 is 11.8 Å². The molecule has 0 amide bonds. The van der Waals surface area contributed by atoms with Gasteiger partial charge in [0.25, 0.3) is 0 Å². The van der Waals surface area contributed by atoms with E-state index < -0.39 is 0 Å². The molecule has 0 aliphatic heterocycles. The van der Waals surface area contributed by atoms with Gasteiger partial charge in [-0.15, -0.1) is 0 Å². The van der Waals surface area contributed by atoms with Gasteiger partial charge in [0, 0.05) is 11.5 Å². The second-order valence-electron chi connectivity index (χ2n) is 16.5. The van der Waals surface area contributed by atoms with Crippen molar-refractivity contribution in [1.82, 2.24) is 0 Å². The van der Waals surface area contributed by atoms with Crippen LogP contribution in [0.2, 0.25) is 0 Å². The van der Waals surface area contributed by atoms with Crippen LogP contribution >= 0.6 is 11.8 Å². The summed E-state index contributed by atoms with van der Waals surface area (Å²) in [5.74, 6) is 2.34. The van der Waals surface area contributed by atoms with Gasteiger partial charge in [-0.2, -0.15) is 11.8 Å². The minimum atomic E-state index is -0.104. The lowest BCUT2D eigenvalue weighted by Crippen LogP contribution is -2.20. The smallest absolute Gasteiger partial charge is 0.123 e. The molecular weight excluding hydrogens is 573 g/mol. The fourth-order valence-corrected chi connectivity index (χ4v) is 6.32. The predicted molar refractivity (Wildman–Crippen MR) is 198 cm³/mol. The van der Waals surface area contributed by atoms with Crippen LogP contribution in [-0.4, -0.2) is 29.8 Å². The van der Waals surface area contributed by atoms with Crippen molar-refractivity contribution in [3.8, 4) is 5.75 Å². The fraction of sp³-hybridized carbons (Fsp3) is 0.610. The molecule has 0 atom stereocenters. The van der Waals surface area contributed by atoms with E-state index in [1.54, 1.807) is 0 Å². The van der Waals surface area contributed by atoms with Crippen LogP contribution in [0.15, 0.2) is 48.9 Å². The number of thioether (sulfide) groups is 1. The van der Waals surface area contributed by atoms with Crippen LogP contribution in [0, 0.1) is 6.92 Å². The Morgan fingerprint density at radius 2 is 0.911 bits per heavy atom. The van der Waals surface area contributed by atoms with E-state index >= 15 is 0 Å². The highest BCUT2D eigenvalue weighted by Gasteiger charge is 2.27. The topological polar surface area (TPSA) is 38.7 Å². The van der Waals surface area contributed by atoms with Crippen molar-refractivity contribution in [3.63, 3.8) is 0 Å². The minimum absolute atomic E-state index is 0.104. The Morgan fingerprint density at radius 3 is 1.24 bits per heavy atom. The summed E-state index contributed by atoms with van der Waals surface area (Å²) in [5, 5.41) is 10.9. The number of hydrogen-bond donors (Lipinski definition) is 1. The Labute approximate surface area is 281 Å². The number of phenols is 1. The molecule has 2 aromatic rings. The van der Waals surface area contributed by atoms with Crippen molar-refractivity contribution < 1.29 is 14.6 Å². The lowest BCUT2D eigenvalue weighted by Gasteiger charge is -2.30. The summed E-state index contributed by atoms with van der Waals surface area (Å²) >= 11 is 1.85. The third-order valence-corrected chi connectivity index (χ3v) is 9.06. The highest BCUT2D eigenvalue weighted by atomic mass is 32.2. The Bertz CT molecular complexity index is 1100. The first-order valence-corrected chi connectivity index (χ1v) is 18.0. The number of rotatable bonds is 14. The van der Waals surface area contributed by atoms with Crippen LogP contribution in [-0.2, 0) is 44.0 Å². The zero-order valence-corrected chi connectivity index (χ0v) is 31.8. The second-order valence-corrected chi connectivity index (χ2v) is 17.8. The Balaban J connectivity index is 1.67. The van der Waals surface area contributed by atoms with Crippen LogP contribution in [0.4, 0.5) is 0 Å². The summed E-state index contributed by atoms with van der Waals surface area (Å²) in [4.78, 5) is 0. The monoisotopic (exact) mass is 636 g/mol. The van der Waals surface area contributed by atoms with E-state index in [0.717, 1.165) is 48.3 Å². The number of phenolic OH excluding ortho intramolecular Hbond substituents is 1. The molecular formula is C41H64O3S. The Kier molecular flexibility index (Phi) is 14.2. The second kappa shape index (κ2) is 16.5. The lowest BCUT2D eigenvalue weighted by atomic mass is 9.75. The van der Waals surface area contributed by atoms with Gasteiger partial charge in [0.15, 0.2) is 0 Å². The number of hydrogen-bond acceptors (Lipinski definition) is 4. The first-order chi connectivity index (χ1) is 20.7. The summed E-state index contributed by atoms with van der Waals surface area (Å²) in [6.07, 6.45) is 11.8. The standard InChI is InChI=1S/C41H64O3S/c1-30-33(38(2,3)4)26-31(27-34(30)39(5,6)7)18-14-16-20-43-22-24-45-25-23-44-21-17-15-19-32-28-35(40(8,9)10)37(42)36(29-32)41(11,12)13/h16-17,20-21,26-29,42H,14-15,18-19,22-25H2,1-13H3. The van der Waals surface area contributed by atoms with Crippen molar-refractivity contribution in [1.29, 1.82) is 0 Å². The third-order valence-electron chi connectivity index (χ3n) is 8.14. The molecule has 0 aliphatic rings. The van der Waals surface area contributed by atoms with Gasteiger partial charge >= 0.3 is 0 Å². The molecule has 3 nitrogen and oxygen atoms in total. The van der Waals surface area contributed by atoms with Crippen LogP contribution < -0.4 is 0 Å². The van der Waals surface area contributed by atoms with Gasteiger partial charge in [-0.05, 0) is 105 Å². The molecule has 0 saturated heterocycles. The molecule has 0 spiro atoms. The zero-order chi connectivity index (χ0) is 34.1. The van der Waals surface area contributed by atoms with Gasteiger partial charge in [-0.25, -0.2) is 0 Å². The van der Waals surface area contributed by atoms with Gasteiger partial charge in [-0.1, -0.05) is 107 Å². The highest BCUT2D eigenvalue weighted by Crippen LogP contribution is 2.40. The number of aromatic hydroxyl groups is 1. The van der Waals surface area contributed by atoms with Gasteiger partial charge in [0.1, 0.15) is 5.75 Å². The maximum atomic E-state index is 10.9. The van der Waals surface area contributed by atoms with Crippen LogP contribution in [0.3, 0.4) is 0 Å². The van der Waals surface area contributed by atoms with E-state index in [1.807, 2.05) is 24.3 Å².